The van der Waals surface area contributed by atoms with E-state index in [1.54, 1.807) is 4.57 Å². The Balaban J connectivity index is 1.62. The number of nitrogens with zero attached hydrogens (tertiary/aromatic N) is 5. The molecule has 7 nitrogen and oxygen atoms in total. The van der Waals surface area contributed by atoms with E-state index in [2.05, 4.69) is 33.6 Å². The lowest BCUT2D eigenvalue weighted by Crippen LogP contribution is -2.49. The maximum Gasteiger partial charge on any atom is 0.271 e. The van der Waals surface area contributed by atoms with Gasteiger partial charge in [-0.1, -0.05) is 52.9 Å². The Bertz CT molecular complexity index is 1290. The molecule has 0 saturated carbocycles. The number of alkyl halides is 1. The third-order valence-corrected chi connectivity index (χ3v) is 7.15. The molecule has 0 radical (unpaired) electrons. The van der Waals surface area contributed by atoms with Crippen molar-refractivity contribution in [2.75, 3.05) is 51.7 Å². The van der Waals surface area contributed by atoms with Crippen molar-refractivity contribution in [2.24, 2.45) is 0 Å². The summed E-state index contributed by atoms with van der Waals surface area (Å²) in [7, 11) is 3.93. The molecule has 2 heterocycles. The summed E-state index contributed by atoms with van der Waals surface area (Å²) in [5, 5.41) is 10.9. The van der Waals surface area contributed by atoms with Gasteiger partial charge in [-0.15, -0.1) is 0 Å². The Kier molecular flexibility index (Phi) is 7.54. The van der Waals surface area contributed by atoms with Gasteiger partial charge >= 0.3 is 0 Å². The Hall–Kier alpha value is -2.90. The van der Waals surface area contributed by atoms with Gasteiger partial charge < -0.3 is 19.3 Å². The second-order valence-electron chi connectivity index (χ2n) is 8.72. The highest BCUT2D eigenvalue weighted by atomic mass is 127. The molecule has 0 bridgehead atoms. The Morgan fingerprint density at radius 3 is 2.35 bits per heavy atom. The van der Waals surface area contributed by atoms with Crippen molar-refractivity contribution in [3.8, 4) is 6.07 Å². The molecule has 1 aliphatic heterocycles. The molecule has 1 saturated heterocycles. The highest BCUT2D eigenvalue weighted by Crippen LogP contribution is 2.30. The lowest BCUT2D eigenvalue weighted by Gasteiger charge is -2.37. The molecule has 0 spiro atoms. The highest BCUT2D eigenvalue weighted by Gasteiger charge is 2.27. The van der Waals surface area contributed by atoms with Crippen LogP contribution in [0.1, 0.15) is 21.5 Å². The summed E-state index contributed by atoms with van der Waals surface area (Å²) in [5.41, 5.74) is 3.31. The van der Waals surface area contributed by atoms with Crippen molar-refractivity contribution in [3.63, 3.8) is 0 Å². The molecule has 3 aromatic rings. The average molecular weight is 569 g/mol. The van der Waals surface area contributed by atoms with Gasteiger partial charge in [0.25, 0.3) is 11.5 Å². The van der Waals surface area contributed by atoms with Crippen LogP contribution in [0.3, 0.4) is 0 Å². The fraction of sp³-hybridized carbons (Fsp3) is 0.346. The second-order valence-corrected chi connectivity index (χ2v) is 9.49. The van der Waals surface area contributed by atoms with Crippen LogP contribution in [0.2, 0.25) is 0 Å². The fourth-order valence-electron chi connectivity index (χ4n) is 4.39. The number of piperazine rings is 1. The molecule has 4 rings (SSSR count). The number of amides is 1. The number of hydrogen-bond donors (Lipinski definition) is 0. The fourth-order valence-corrected chi connectivity index (χ4v) is 4.90. The van der Waals surface area contributed by atoms with E-state index in [-0.39, 0.29) is 17.0 Å². The number of likely N-dealkylation sites (N-methyl/N-ethyl adjacent to an activating group) is 1. The molecule has 0 atom stereocenters. The first kappa shape index (κ1) is 24.2. The first-order valence-corrected chi connectivity index (χ1v) is 12.9. The van der Waals surface area contributed by atoms with Crippen molar-refractivity contribution in [2.45, 2.75) is 11.0 Å². The van der Waals surface area contributed by atoms with E-state index in [0.717, 1.165) is 15.3 Å². The number of rotatable bonds is 6. The first-order chi connectivity index (χ1) is 16.4. The molecule has 0 unspecified atom stereocenters. The molecule has 8 heteroatoms. The van der Waals surface area contributed by atoms with Crippen LogP contribution in [0, 0.1) is 11.3 Å². The minimum atomic E-state index is -0.257. The number of anilines is 1. The SMILES string of the molecule is CN(C)CCn1c(=O)c(C#N)c(N2CCN(C(=O)c3ccc(CI)cc3)CC2)c2ccccc21. The van der Waals surface area contributed by atoms with E-state index < -0.39 is 0 Å². The summed E-state index contributed by atoms with van der Waals surface area (Å²) in [6, 6.07) is 17.7. The van der Waals surface area contributed by atoms with Gasteiger partial charge in [0, 0.05) is 54.6 Å². The maximum absolute atomic E-state index is 13.3. The van der Waals surface area contributed by atoms with Crippen molar-refractivity contribution < 1.29 is 4.79 Å². The zero-order valence-electron chi connectivity index (χ0n) is 19.5. The van der Waals surface area contributed by atoms with Crippen LogP contribution in [-0.4, -0.2) is 67.1 Å². The number of hydrogen-bond acceptors (Lipinski definition) is 5. The molecule has 1 amide bonds. The van der Waals surface area contributed by atoms with Gasteiger partial charge in [0.2, 0.25) is 0 Å². The van der Waals surface area contributed by atoms with E-state index in [9.17, 15) is 14.9 Å². The lowest BCUT2D eigenvalue weighted by molar-refractivity contribution is 0.0747. The predicted octanol–water partition coefficient (Wildman–Crippen LogP) is 3.33. The molecule has 34 heavy (non-hydrogen) atoms. The van der Waals surface area contributed by atoms with Gasteiger partial charge in [0.1, 0.15) is 11.6 Å². The van der Waals surface area contributed by atoms with Crippen LogP contribution in [0.15, 0.2) is 53.3 Å². The first-order valence-electron chi connectivity index (χ1n) is 11.3. The summed E-state index contributed by atoms with van der Waals surface area (Å²) in [4.78, 5) is 32.3. The van der Waals surface area contributed by atoms with Gasteiger partial charge in [-0.3, -0.25) is 9.59 Å². The highest BCUT2D eigenvalue weighted by molar-refractivity contribution is 14.1. The number of carbonyl (C=O) groups is 1. The maximum atomic E-state index is 13.3. The second kappa shape index (κ2) is 10.6. The molecule has 2 aromatic carbocycles. The summed E-state index contributed by atoms with van der Waals surface area (Å²) in [6.07, 6.45) is 0. The van der Waals surface area contributed by atoms with Crippen LogP contribution in [0.5, 0.6) is 0 Å². The zero-order valence-corrected chi connectivity index (χ0v) is 21.7. The zero-order chi connectivity index (χ0) is 24.2. The normalized spacial score (nSPS) is 14.0. The minimum Gasteiger partial charge on any atom is -0.366 e. The number of para-hydroxylation sites is 1. The molecule has 0 aliphatic carbocycles. The average Bonchev–Trinajstić information content (AvgIpc) is 2.87. The third kappa shape index (κ3) is 4.81. The molecule has 1 aliphatic rings. The van der Waals surface area contributed by atoms with Gasteiger partial charge in [0.15, 0.2) is 0 Å². The van der Waals surface area contributed by atoms with Gasteiger partial charge in [-0.25, -0.2) is 0 Å². The van der Waals surface area contributed by atoms with Crippen LogP contribution in [0.4, 0.5) is 5.69 Å². The number of nitriles is 1. The van der Waals surface area contributed by atoms with Crippen molar-refractivity contribution in [1.82, 2.24) is 14.4 Å². The number of benzene rings is 2. The lowest BCUT2D eigenvalue weighted by atomic mass is 10.1. The van der Waals surface area contributed by atoms with Crippen LogP contribution < -0.4 is 10.5 Å². The van der Waals surface area contributed by atoms with E-state index in [1.807, 2.05) is 72.4 Å². The summed E-state index contributed by atoms with van der Waals surface area (Å²) < 4.78 is 2.62. The Morgan fingerprint density at radius 1 is 1.06 bits per heavy atom. The molecule has 1 aromatic heterocycles. The smallest absolute Gasteiger partial charge is 0.271 e. The Morgan fingerprint density at radius 2 is 1.74 bits per heavy atom. The topological polar surface area (TPSA) is 72.6 Å². The van der Waals surface area contributed by atoms with E-state index in [0.29, 0.717) is 50.5 Å². The minimum absolute atomic E-state index is 0.0177. The molecule has 0 N–H and O–H groups in total. The van der Waals surface area contributed by atoms with Crippen LogP contribution in [0.25, 0.3) is 10.9 Å². The van der Waals surface area contributed by atoms with Gasteiger partial charge in [-0.2, -0.15) is 5.26 Å². The van der Waals surface area contributed by atoms with Crippen molar-refractivity contribution in [1.29, 1.82) is 5.26 Å². The number of halogens is 1. The third-order valence-electron chi connectivity index (χ3n) is 6.27. The largest absolute Gasteiger partial charge is 0.366 e. The van der Waals surface area contributed by atoms with Crippen molar-refractivity contribution >= 4 is 45.1 Å². The molecule has 176 valence electrons. The quantitative estimate of drug-likeness (QED) is 0.337. The van der Waals surface area contributed by atoms with Gasteiger partial charge in [-0.05, 0) is 37.9 Å². The van der Waals surface area contributed by atoms with Gasteiger partial charge in [0.05, 0.1) is 11.2 Å². The predicted molar refractivity (Wildman–Crippen MR) is 144 cm³/mol. The molecular formula is C26H28IN5O2. The Labute approximate surface area is 213 Å². The number of carbonyl (C=O) groups excluding carboxylic acids is 1. The standard InChI is InChI=1S/C26H28IN5O2/c1-29(2)11-16-32-23-6-4-3-5-21(23)24(22(18-28)26(32)34)30-12-14-31(15-13-30)25(33)20-9-7-19(17-27)8-10-20/h3-10H,11-17H2,1-2H3. The number of pyridine rings is 1. The van der Waals surface area contributed by atoms with E-state index in [4.69, 9.17) is 0 Å². The number of aromatic nitrogens is 1. The number of fused-ring (bicyclic) bond motifs is 1. The summed E-state index contributed by atoms with van der Waals surface area (Å²) >= 11 is 2.31. The van der Waals surface area contributed by atoms with E-state index >= 15 is 0 Å². The molecule has 1 fully saturated rings. The summed E-state index contributed by atoms with van der Waals surface area (Å²) in [6.45, 7) is 3.42. The van der Waals surface area contributed by atoms with Crippen molar-refractivity contribution in [3.05, 3.63) is 75.6 Å². The van der Waals surface area contributed by atoms with Crippen LogP contribution >= 0.6 is 22.6 Å². The summed E-state index contributed by atoms with van der Waals surface area (Å²) in [5.74, 6) is 0.0177. The van der Waals surface area contributed by atoms with E-state index in [1.165, 1.54) is 5.56 Å². The monoisotopic (exact) mass is 569 g/mol. The molecular weight excluding hydrogens is 541 g/mol. The van der Waals surface area contributed by atoms with Crippen LogP contribution in [-0.2, 0) is 11.0 Å².